The standard InChI is InChI=1S/C19H23N5O5/c1-3-8-24-17(21)16(18(26)22-19(24)27)23(9-10-28-2)15(25)12-29-14-6-4-13(11-20)5-7-14/h4-7H,3,8-10,12,21H2,1-2H3,(H,22,26,27). The van der Waals surface area contributed by atoms with E-state index in [2.05, 4.69) is 4.98 Å². The molecule has 154 valence electrons. The molecule has 0 saturated carbocycles. The molecule has 1 aromatic heterocycles. The van der Waals surface area contributed by atoms with Gasteiger partial charge in [-0.1, -0.05) is 6.92 Å². The van der Waals surface area contributed by atoms with Crippen molar-refractivity contribution in [3.8, 4) is 11.8 Å². The van der Waals surface area contributed by atoms with E-state index >= 15 is 0 Å². The molecule has 1 heterocycles. The van der Waals surface area contributed by atoms with Crippen molar-refractivity contribution in [3.05, 3.63) is 50.7 Å². The number of nitrogen functional groups attached to an aromatic ring is 1. The van der Waals surface area contributed by atoms with E-state index in [0.717, 1.165) is 4.90 Å². The number of anilines is 2. The summed E-state index contributed by atoms with van der Waals surface area (Å²) in [5, 5.41) is 8.83. The number of ether oxygens (including phenoxy) is 2. The highest BCUT2D eigenvalue weighted by Gasteiger charge is 2.24. The Morgan fingerprint density at radius 3 is 2.59 bits per heavy atom. The Hall–Kier alpha value is -3.58. The first-order valence-corrected chi connectivity index (χ1v) is 8.97. The molecule has 0 unspecified atom stereocenters. The summed E-state index contributed by atoms with van der Waals surface area (Å²) < 4.78 is 11.7. The van der Waals surface area contributed by atoms with Crippen molar-refractivity contribution < 1.29 is 14.3 Å². The predicted molar refractivity (Wildman–Crippen MR) is 107 cm³/mol. The molecule has 10 heteroatoms. The van der Waals surface area contributed by atoms with E-state index in [9.17, 15) is 14.4 Å². The molecule has 0 radical (unpaired) electrons. The largest absolute Gasteiger partial charge is 0.484 e. The summed E-state index contributed by atoms with van der Waals surface area (Å²) in [5.41, 5.74) is 5.00. The van der Waals surface area contributed by atoms with Crippen LogP contribution in [0, 0.1) is 11.3 Å². The number of H-pyrrole nitrogens is 1. The van der Waals surface area contributed by atoms with Gasteiger partial charge in [0.1, 0.15) is 11.6 Å². The third kappa shape index (κ3) is 5.24. The van der Waals surface area contributed by atoms with E-state index in [1.165, 1.54) is 11.7 Å². The van der Waals surface area contributed by atoms with E-state index in [-0.39, 0.29) is 31.3 Å². The van der Waals surface area contributed by atoms with Gasteiger partial charge >= 0.3 is 5.69 Å². The molecule has 1 aromatic carbocycles. The summed E-state index contributed by atoms with van der Waals surface area (Å²) in [6, 6.07) is 8.24. The maximum Gasteiger partial charge on any atom is 0.330 e. The van der Waals surface area contributed by atoms with Crippen molar-refractivity contribution in [2.75, 3.05) is 37.5 Å². The molecule has 29 heavy (non-hydrogen) atoms. The van der Waals surface area contributed by atoms with Crippen LogP contribution < -0.4 is 26.6 Å². The van der Waals surface area contributed by atoms with Crippen LogP contribution in [0.1, 0.15) is 18.9 Å². The van der Waals surface area contributed by atoms with Gasteiger partial charge in [-0.05, 0) is 30.7 Å². The number of amides is 1. The van der Waals surface area contributed by atoms with Crippen molar-refractivity contribution in [3.63, 3.8) is 0 Å². The number of nitrogens with one attached hydrogen (secondary N) is 1. The lowest BCUT2D eigenvalue weighted by Gasteiger charge is -2.24. The van der Waals surface area contributed by atoms with Gasteiger partial charge in [0.25, 0.3) is 11.5 Å². The number of nitriles is 1. The zero-order chi connectivity index (χ0) is 21.4. The molecule has 10 nitrogen and oxygen atoms in total. The summed E-state index contributed by atoms with van der Waals surface area (Å²) in [6.07, 6.45) is 0.614. The molecule has 2 aromatic rings. The third-order valence-corrected chi connectivity index (χ3v) is 4.10. The normalized spacial score (nSPS) is 10.4. The fourth-order valence-electron chi connectivity index (χ4n) is 2.68. The summed E-state index contributed by atoms with van der Waals surface area (Å²) in [5.74, 6) is -0.240. The number of carbonyl (C=O) groups is 1. The molecular weight excluding hydrogens is 378 g/mol. The lowest BCUT2D eigenvalue weighted by molar-refractivity contribution is -0.120. The number of rotatable bonds is 9. The molecule has 3 N–H and O–H groups in total. The van der Waals surface area contributed by atoms with Crippen LogP contribution in [-0.2, 0) is 16.1 Å². The topological polar surface area (TPSA) is 143 Å². The minimum atomic E-state index is -0.761. The molecule has 0 saturated heterocycles. The molecule has 0 atom stereocenters. The van der Waals surface area contributed by atoms with Crippen LogP contribution >= 0.6 is 0 Å². The molecule has 0 fully saturated rings. The van der Waals surface area contributed by atoms with Crippen molar-refractivity contribution in [1.29, 1.82) is 5.26 Å². The SMILES string of the molecule is CCCn1c(N)c(N(CCOC)C(=O)COc2ccc(C#N)cc2)c(=O)[nH]c1=O. The summed E-state index contributed by atoms with van der Waals surface area (Å²) in [6.45, 7) is 1.97. The van der Waals surface area contributed by atoms with Crippen LogP contribution in [0.5, 0.6) is 5.75 Å². The predicted octanol–water partition coefficient (Wildman–Crippen LogP) is 0.459. The van der Waals surface area contributed by atoms with E-state index in [1.54, 1.807) is 24.3 Å². The van der Waals surface area contributed by atoms with Gasteiger partial charge in [-0.25, -0.2) is 4.79 Å². The molecule has 2 rings (SSSR count). The molecule has 0 aliphatic heterocycles. The number of benzene rings is 1. The van der Waals surface area contributed by atoms with Gasteiger partial charge in [-0.3, -0.25) is 24.0 Å². The van der Waals surface area contributed by atoms with Gasteiger partial charge < -0.3 is 15.2 Å². The first kappa shape index (κ1) is 21.7. The lowest BCUT2D eigenvalue weighted by Crippen LogP contribution is -2.44. The Morgan fingerprint density at radius 1 is 1.31 bits per heavy atom. The zero-order valence-electron chi connectivity index (χ0n) is 16.3. The van der Waals surface area contributed by atoms with Crippen LogP contribution in [-0.4, -0.2) is 42.3 Å². The number of methoxy groups -OCH3 is 1. The molecule has 0 aliphatic carbocycles. The highest BCUT2D eigenvalue weighted by atomic mass is 16.5. The van der Waals surface area contributed by atoms with Crippen molar-refractivity contribution in [2.45, 2.75) is 19.9 Å². The second-order valence-electron chi connectivity index (χ2n) is 6.11. The minimum absolute atomic E-state index is 0.0453. The van der Waals surface area contributed by atoms with Gasteiger partial charge in [-0.2, -0.15) is 5.26 Å². The van der Waals surface area contributed by atoms with Crippen LogP contribution in [0.15, 0.2) is 33.9 Å². The van der Waals surface area contributed by atoms with Crippen LogP contribution in [0.4, 0.5) is 11.5 Å². The Kier molecular flexibility index (Phi) is 7.56. The van der Waals surface area contributed by atoms with Crippen LogP contribution in [0.3, 0.4) is 0 Å². The molecule has 1 amide bonds. The number of nitrogens with two attached hydrogens (primary N) is 1. The van der Waals surface area contributed by atoms with Crippen molar-refractivity contribution >= 4 is 17.4 Å². The van der Waals surface area contributed by atoms with Crippen molar-refractivity contribution in [2.24, 2.45) is 0 Å². The molecule has 0 aliphatic rings. The quantitative estimate of drug-likeness (QED) is 0.621. The monoisotopic (exact) mass is 401 g/mol. The average Bonchev–Trinajstić information content (AvgIpc) is 2.71. The van der Waals surface area contributed by atoms with Crippen molar-refractivity contribution in [1.82, 2.24) is 9.55 Å². The van der Waals surface area contributed by atoms with Gasteiger partial charge in [0.05, 0.1) is 18.2 Å². The van der Waals surface area contributed by atoms with E-state index in [0.29, 0.717) is 24.3 Å². The molecular formula is C19H23N5O5. The number of aromatic nitrogens is 2. The lowest BCUT2D eigenvalue weighted by atomic mass is 10.2. The first-order chi connectivity index (χ1) is 13.9. The summed E-state index contributed by atoms with van der Waals surface area (Å²) >= 11 is 0. The Bertz CT molecular complexity index is 1000. The number of carbonyl (C=O) groups excluding carboxylic acids is 1. The van der Waals surface area contributed by atoms with E-state index in [4.69, 9.17) is 20.5 Å². The van der Waals surface area contributed by atoms with Crippen LogP contribution in [0.25, 0.3) is 0 Å². The fraction of sp³-hybridized carbons (Fsp3) is 0.368. The second kappa shape index (κ2) is 10.1. The minimum Gasteiger partial charge on any atom is -0.484 e. The first-order valence-electron chi connectivity index (χ1n) is 8.97. The van der Waals surface area contributed by atoms with Gasteiger partial charge in [-0.15, -0.1) is 0 Å². The molecule has 0 spiro atoms. The highest BCUT2D eigenvalue weighted by Crippen LogP contribution is 2.18. The van der Waals surface area contributed by atoms with Gasteiger partial charge in [0.2, 0.25) is 0 Å². The van der Waals surface area contributed by atoms with Gasteiger partial charge in [0.15, 0.2) is 12.3 Å². The van der Waals surface area contributed by atoms with E-state index in [1.807, 2.05) is 13.0 Å². The van der Waals surface area contributed by atoms with Gasteiger partial charge in [0, 0.05) is 20.2 Å². The smallest absolute Gasteiger partial charge is 0.330 e. The highest BCUT2D eigenvalue weighted by molar-refractivity contribution is 5.96. The average molecular weight is 401 g/mol. The van der Waals surface area contributed by atoms with Crippen LogP contribution in [0.2, 0.25) is 0 Å². The summed E-state index contributed by atoms with van der Waals surface area (Å²) in [7, 11) is 1.46. The second-order valence-corrected chi connectivity index (χ2v) is 6.11. The summed E-state index contributed by atoms with van der Waals surface area (Å²) in [4.78, 5) is 40.6. The maximum atomic E-state index is 12.8. The fourth-order valence-corrected chi connectivity index (χ4v) is 2.68. The number of hydrogen-bond acceptors (Lipinski definition) is 7. The molecule has 0 bridgehead atoms. The number of hydrogen-bond donors (Lipinski definition) is 2. The third-order valence-electron chi connectivity index (χ3n) is 4.10. The number of nitrogens with zero attached hydrogens (tertiary/aromatic N) is 3. The Balaban J connectivity index is 2.32. The zero-order valence-corrected chi connectivity index (χ0v) is 16.3. The Labute approximate surface area is 167 Å². The van der Waals surface area contributed by atoms with E-state index < -0.39 is 17.2 Å². The number of aromatic amines is 1. The Morgan fingerprint density at radius 2 is 2.00 bits per heavy atom. The maximum absolute atomic E-state index is 12.8.